The van der Waals surface area contributed by atoms with Crippen LogP contribution in [0.2, 0.25) is 0 Å². The van der Waals surface area contributed by atoms with Gasteiger partial charge in [0.05, 0.1) is 6.61 Å². The minimum atomic E-state index is -1.41. The molecule has 1 heterocycles. The first-order valence-electron chi connectivity index (χ1n) is 5.92. The van der Waals surface area contributed by atoms with E-state index in [2.05, 4.69) is 5.32 Å². The fourth-order valence-corrected chi connectivity index (χ4v) is 2.63. The second-order valence-corrected chi connectivity index (χ2v) is 4.67. The molecular weight excluding hydrogens is 222 g/mol. The summed E-state index contributed by atoms with van der Waals surface area (Å²) in [5.41, 5.74) is -0.346. The van der Waals surface area contributed by atoms with Crippen LogP contribution in [0.5, 0.6) is 0 Å². The van der Waals surface area contributed by atoms with Crippen LogP contribution in [-0.4, -0.2) is 29.2 Å². The lowest BCUT2D eigenvalue weighted by atomic mass is 9.80. The molecule has 0 aromatic heterocycles. The van der Waals surface area contributed by atoms with Crippen molar-refractivity contribution in [1.29, 1.82) is 0 Å². The van der Waals surface area contributed by atoms with Gasteiger partial charge in [0, 0.05) is 5.92 Å². The quantitative estimate of drug-likeness (QED) is 0.687. The molecule has 1 amide bonds. The molecule has 2 N–H and O–H groups in total. The van der Waals surface area contributed by atoms with Crippen molar-refractivity contribution in [2.24, 2.45) is 5.92 Å². The smallest absolute Gasteiger partial charge is 0.354 e. The summed E-state index contributed by atoms with van der Waals surface area (Å²) in [6.45, 7) is 3.49. The van der Waals surface area contributed by atoms with Crippen molar-refractivity contribution in [2.45, 2.75) is 38.7 Å². The molecule has 94 valence electrons. The van der Waals surface area contributed by atoms with Gasteiger partial charge in [-0.2, -0.15) is 0 Å². The van der Waals surface area contributed by atoms with E-state index in [0.29, 0.717) is 0 Å². The Morgan fingerprint density at radius 2 is 2.35 bits per heavy atom. The van der Waals surface area contributed by atoms with Crippen molar-refractivity contribution in [3.05, 3.63) is 11.3 Å². The number of aliphatic hydroxyl groups is 1. The van der Waals surface area contributed by atoms with Gasteiger partial charge in [0.25, 0.3) is 5.91 Å². The summed E-state index contributed by atoms with van der Waals surface area (Å²) in [5.74, 6) is -1.27. The summed E-state index contributed by atoms with van der Waals surface area (Å²) in [7, 11) is 0. The normalized spacial score (nSPS) is 32.2. The fraction of sp³-hybridized carbons (Fsp3) is 0.667. The standard InChI is InChI=1S/C12H17NO4/c1-3-17-10(14)9-7-5-4-6-8(7)12(2,16)11(15)13-9/h8,16H,3-6H2,1-2H3,(H,13,15). The Balaban J connectivity index is 2.38. The van der Waals surface area contributed by atoms with Crippen molar-refractivity contribution >= 4 is 11.9 Å². The number of amides is 1. The number of carbonyl (C=O) groups is 2. The van der Waals surface area contributed by atoms with Gasteiger partial charge < -0.3 is 15.2 Å². The zero-order valence-corrected chi connectivity index (χ0v) is 10.1. The molecule has 17 heavy (non-hydrogen) atoms. The summed E-state index contributed by atoms with van der Waals surface area (Å²) in [6, 6.07) is 0. The first-order chi connectivity index (χ1) is 7.98. The number of hydrogen-bond donors (Lipinski definition) is 2. The maximum absolute atomic E-state index is 11.8. The molecule has 2 unspecified atom stereocenters. The number of fused-ring (bicyclic) bond motifs is 1. The molecule has 0 saturated heterocycles. The highest BCUT2D eigenvalue weighted by Gasteiger charge is 2.49. The Bertz CT molecular complexity index is 397. The van der Waals surface area contributed by atoms with Gasteiger partial charge in [-0.1, -0.05) is 0 Å². The highest BCUT2D eigenvalue weighted by molar-refractivity contribution is 5.99. The van der Waals surface area contributed by atoms with E-state index in [0.717, 1.165) is 24.8 Å². The van der Waals surface area contributed by atoms with Gasteiger partial charge in [-0.15, -0.1) is 0 Å². The minimum absolute atomic E-state index is 0.242. The monoisotopic (exact) mass is 239 g/mol. The van der Waals surface area contributed by atoms with E-state index in [1.54, 1.807) is 6.92 Å². The molecule has 2 atom stereocenters. The molecule has 0 radical (unpaired) electrons. The number of carbonyl (C=O) groups excluding carboxylic acids is 2. The van der Waals surface area contributed by atoms with Crippen LogP contribution in [0.3, 0.4) is 0 Å². The van der Waals surface area contributed by atoms with E-state index < -0.39 is 17.5 Å². The van der Waals surface area contributed by atoms with Crippen molar-refractivity contribution in [2.75, 3.05) is 6.61 Å². The summed E-state index contributed by atoms with van der Waals surface area (Å²) in [6.07, 6.45) is 2.35. The second kappa shape index (κ2) is 4.14. The Morgan fingerprint density at radius 1 is 1.65 bits per heavy atom. The van der Waals surface area contributed by atoms with Crippen LogP contribution in [0.25, 0.3) is 0 Å². The molecule has 0 spiro atoms. The first-order valence-corrected chi connectivity index (χ1v) is 5.92. The van der Waals surface area contributed by atoms with E-state index >= 15 is 0 Å². The maximum atomic E-state index is 11.8. The number of esters is 1. The average molecular weight is 239 g/mol. The molecule has 1 aliphatic carbocycles. The number of ether oxygens (including phenoxy) is 1. The van der Waals surface area contributed by atoms with Gasteiger partial charge in [0.2, 0.25) is 0 Å². The van der Waals surface area contributed by atoms with E-state index in [9.17, 15) is 14.7 Å². The number of nitrogens with one attached hydrogen (secondary N) is 1. The average Bonchev–Trinajstić information content (AvgIpc) is 2.73. The van der Waals surface area contributed by atoms with Crippen molar-refractivity contribution < 1.29 is 19.4 Å². The van der Waals surface area contributed by atoms with E-state index in [4.69, 9.17) is 4.74 Å². The van der Waals surface area contributed by atoms with Gasteiger partial charge >= 0.3 is 5.97 Å². The third-order valence-electron chi connectivity index (χ3n) is 3.54. The molecule has 0 bridgehead atoms. The lowest BCUT2D eigenvalue weighted by Crippen LogP contribution is -2.54. The van der Waals surface area contributed by atoms with Crippen LogP contribution in [0.4, 0.5) is 0 Å². The van der Waals surface area contributed by atoms with Crippen LogP contribution in [-0.2, 0) is 14.3 Å². The molecular formula is C12H17NO4. The number of hydrogen-bond acceptors (Lipinski definition) is 4. The van der Waals surface area contributed by atoms with E-state index in [1.807, 2.05) is 0 Å². The van der Waals surface area contributed by atoms with E-state index in [-0.39, 0.29) is 18.2 Å². The topological polar surface area (TPSA) is 75.6 Å². The third-order valence-corrected chi connectivity index (χ3v) is 3.54. The number of rotatable bonds is 2. The van der Waals surface area contributed by atoms with Gasteiger partial charge in [-0.25, -0.2) is 4.79 Å². The molecule has 5 heteroatoms. The first kappa shape index (κ1) is 12.1. The molecule has 1 fully saturated rings. The summed E-state index contributed by atoms with van der Waals surface area (Å²) in [4.78, 5) is 23.5. The Hall–Kier alpha value is -1.36. The Labute approximate surface area is 99.8 Å². The second-order valence-electron chi connectivity index (χ2n) is 4.67. The molecule has 1 aliphatic heterocycles. The van der Waals surface area contributed by atoms with Crippen LogP contribution in [0, 0.1) is 5.92 Å². The van der Waals surface area contributed by atoms with Crippen LogP contribution < -0.4 is 5.32 Å². The highest BCUT2D eigenvalue weighted by atomic mass is 16.5. The van der Waals surface area contributed by atoms with Gasteiger partial charge in [-0.05, 0) is 38.7 Å². The van der Waals surface area contributed by atoms with Crippen molar-refractivity contribution in [3.8, 4) is 0 Å². The van der Waals surface area contributed by atoms with Crippen LogP contribution >= 0.6 is 0 Å². The molecule has 2 aliphatic rings. The van der Waals surface area contributed by atoms with Gasteiger partial charge in [-0.3, -0.25) is 4.79 Å². The predicted molar refractivity (Wildman–Crippen MR) is 59.8 cm³/mol. The Morgan fingerprint density at radius 3 is 3.00 bits per heavy atom. The molecule has 2 rings (SSSR count). The molecule has 1 saturated carbocycles. The zero-order chi connectivity index (χ0) is 12.6. The highest BCUT2D eigenvalue weighted by Crippen LogP contribution is 2.42. The zero-order valence-electron chi connectivity index (χ0n) is 10.1. The van der Waals surface area contributed by atoms with E-state index in [1.165, 1.54) is 6.92 Å². The largest absolute Gasteiger partial charge is 0.461 e. The third kappa shape index (κ3) is 1.84. The van der Waals surface area contributed by atoms with Gasteiger partial charge in [0.1, 0.15) is 11.3 Å². The Kier molecular flexibility index (Phi) is 2.95. The lowest BCUT2D eigenvalue weighted by Gasteiger charge is -2.35. The maximum Gasteiger partial charge on any atom is 0.354 e. The predicted octanol–water partition coefficient (Wildman–Crippen LogP) is 0.485. The lowest BCUT2D eigenvalue weighted by molar-refractivity contribution is -0.147. The SMILES string of the molecule is CCOC(=O)C1=C2CCCC2C(C)(O)C(=O)N1. The van der Waals surface area contributed by atoms with Crippen molar-refractivity contribution in [3.63, 3.8) is 0 Å². The van der Waals surface area contributed by atoms with Crippen LogP contribution in [0.1, 0.15) is 33.1 Å². The van der Waals surface area contributed by atoms with Crippen LogP contribution in [0.15, 0.2) is 11.3 Å². The fourth-order valence-electron chi connectivity index (χ4n) is 2.63. The molecule has 0 aromatic rings. The van der Waals surface area contributed by atoms with Crippen molar-refractivity contribution in [1.82, 2.24) is 5.32 Å². The van der Waals surface area contributed by atoms with Gasteiger partial charge in [0.15, 0.2) is 0 Å². The molecule has 5 nitrogen and oxygen atoms in total. The summed E-state index contributed by atoms with van der Waals surface area (Å²) >= 11 is 0. The minimum Gasteiger partial charge on any atom is -0.461 e. The summed E-state index contributed by atoms with van der Waals surface area (Å²) in [5, 5.41) is 12.6. The molecule has 0 aromatic carbocycles. The summed E-state index contributed by atoms with van der Waals surface area (Å²) < 4.78 is 4.91.